The maximum atomic E-state index is 13.0. The van der Waals surface area contributed by atoms with Gasteiger partial charge in [-0.15, -0.1) is 0 Å². The second kappa shape index (κ2) is 8.83. The highest BCUT2D eigenvalue weighted by Crippen LogP contribution is 2.60. The van der Waals surface area contributed by atoms with E-state index in [1.807, 2.05) is 6.07 Å². The van der Waals surface area contributed by atoms with Gasteiger partial charge in [0, 0.05) is 5.56 Å². The Morgan fingerprint density at radius 2 is 1.84 bits per heavy atom. The lowest BCUT2D eigenvalue weighted by Crippen LogP contribution is -2.14. The number of hydrogen-bond donors (Lipinski definition) is 0. The average molecular weight is 468 g/mol. The number of hydrogen-bond acceptors (Lipinski definition) is 4. The first-order valence-electron chi connectivity index (χ1n) is 9.51. The van der Waals surface area contributed by atoms with Gasteiger partial charge in [0.2, 0.25) is 6.10 Å². The predicted octanol–water partition coefficient (Wildman–Crippen LogP) is 6.68. The molecule has 9 heteroatoms. The molecule has 0 bridgehead atoms. The molecule has 1 unspecified atom stereocenters. The Hall–Kier alpha value is -3.05. The van der Waals surface area contributed by atoms with Gasteiger partial charge in [-0.25, -0.2) is 4.39 Å². The summed E-state index contributed by atoms with van der Waals surface area (Å²) < 4.78 is 62.1. The minimum Gasteiger partial charge on any atom is -0.457 e. The van der Waals surface area contributed by atoms with Crippen molar-refractivity contribution >= 4 is 17.6 Å². The molecular weight excluding hydrogens is 450 g/mol. The fraction of sp³-hybridized carbons (Fsp3) is 0.304. The van der Waals surface area contributed by atoms with Crippen molar-refractivity contribution < 1.29 is 31.8 Å². The maximum absolute atomic E-state index is 13.0. The summed E-state index contributed by atoms with van der Waals surface area (Å²) in [4.78, 5) is 12.6. The molecule has 32 heavy (non-hydrogen) atoms. The van der Waals surface area contributed by atoms with Crippen molar-refractivity contribution in [3.05, 3.63) is 71.0 Å². The summed E-state index contributed by atoms with van der Waals surface area (Å²) in [7, 11) is 0. The number of esters is 1. The minimum absolute atomic E-state index is 0.319. The smallest absolute Gasteiger partial charge is 0.426 e. The Morgan fingerprint density at radius 3 is 2.44 bits per heavy atom. The number of benzene rings is 2. The number of allylic oxidation sites excluding steroid dienone is 2. The molecule has 0 heterocycles. The average Bonchev–Trinajstić information content (AvgIpc) is 3.27. The van der Waals surface area contributed by atoms with Crippen molar-refractivity contribution in [1.82, 2.24) is 0 Å². The number of carbonyl (C=O) groups excluding carboxylic acids is 1. The molecule has 0 aliphatic heterocycles. The molecule has 0 amide bonds. The number of nitrogens with zero attached hydrogens (tertiary/aromatic N) is 1. The van der Waals surface area contributed by atoms with Crippen LogP contribution in [0.1, 0.15) is 25.5 Å². The Morgan fingerprint density at radius 1 is 1.19 bits per heavy atom. The summed E-state index contributed by atoms with van der Waals surface area (Å²) in [6, 6.07) is 13.4. The van der Waals surface area contributed by atoms with Crippen LogP contribution in [0.2, 0.25) is 0 Å². The summed E-state index contributed by atoms with van der Waals surface area (Å²) in [6.45, 7) is 3.25. The predicted molar refractivity (Wildman–Crippen MR) is 108 cm³/mol. The highest BCUT2D eigenvalue weighted by molar-refractivity contribution is 6.30. The molecule has 2 aromatic rings. The number of halogens is 5. The fourth-order valence-corrected chi connectivity index (χ4v) is 3.57. The van der Waals surface area contributed by atoms with Crippen molar-refractivity contribution in [2.75, 3.05) is 0 Å². The van der Waals surface area contributed by atoms with Gasteiger partial charge in [0.15, 0.2) is 0 Å². The molecule has 3 rings (SSSR count). The van der Waals surface area contributed by atoms with E-state index in [0.29, 0.717) is 17.1 Å². The summed E-state index contributed by atoms with van der Waals surface area (Å²) in [5.74, 6) is -2.15. The first kappa shape index (κ1) is 23.6. The first-order valence-corrected chi connectivity index (χ1v) is 9.89. The normalized spacial score (nSPS) is 20.8. The van der Waals surface area contributed by atoms with E-state index in [1.165, 1.54) is 30.3 Å². The van der Waals surface area contributed by atoms with Gasteiger partial charge < -0.3 is 9.47 Å². The van der Waals surface area contributed by atoms with Gasteiger partial charge in [-0.2, -0.15) is 18.4 Å². The molecule has 0 radical (unpaired) electrons. The largest absolute Gasteiger partial charge is 0.457 e. The van der Waals surface area contributed by atoms with Crippen molar-refractivity contribution in [2.45, 2.75) is 26.1 Å². The van der Waals surface area contributed by atoms with E-state index in [4.69, 9.17) is 21.1 Å². The van der Waals surface area contributed by atoms with Gasteiger partial charge in [-0.3, -0.25) is 4.79 Å². The SMILES string of the molecule is CC1(C)[C@H](/C=C(\Cl)C(F)(F)F)[C@@H]1C(=O)OC(C#N)c1cccc(Oc2ccc(F)cc2)c1. The van der Waals surface area contributed by atoms with E-state index < -0.39 is 46.3 Å². The number of rotatable bonds is 6. The molecule has 0 spiro atoms. The molecule has 1 aliphatic carbocycles. The first-order chi connectivity index (χ1) is 14.9. The van der Waals surface area contributed by atoms with Crippen LogP contribution in [0.15, 0.2) is 59.6 Å². The standard InChI is InChI=1S/C23H18ClF4NO3/c1-22(2)17(11-19(24)23(26,27)28)20(22)21(30)32-18(12-29)13-4-3-5-16(10-13)31-15-8-6-14(25)7-9-15/h3-11,17-18,20H,1-2H3/b19-11-/t17-,18?,20-/m1/s1. The molecule has 4 nitrogen and oxygen atoms in total. The molecule has 1 saturated carbocycles. The van der Waals surface area contributed by atoms with Crippen molar-refractivity contribution in [3.63, 3.8) is 0 Å². The topological polar surface area (TPSA) is 59.3 Å². The molecule has 1 aliphatic rings. The lowest BCUT2D eigenvalue weighted by molar-refractivity contribution is -0.149. The molecule has 3 atom stereocenters. The highest BCUT2D eigenvalue weighted by atomic mass is 35.5. The second-order valence-corrected chi connectivity index (χ2v) is 8.32. The van der Waals surface area contributed by atoms with Gasteiger partial charge in [0.1, 0.15) is 28.4 Å². The summed E-state index contributed by atoms with van der Waals surface area (Å²) in [6.07, 6.45) is -5.18. The van der Waals surface area contributed by atoms with E-state index >= 15 is 0 Å². The van der Waals surface area contributed by atoms with Crippen molar-refractivity contribution in [3.8, 4) is 17.6 Å². The zero-order valence-corrected chi connectivity index (χ0v) is 17.7. The van der Waals surface area contributed by atoms with Gasteiger partial charge in [0.05, 0.1) is 5.92 Å². The van der Waals surface area contributed by atoms with Gasteiger partial charge in [-0.05, 0) is 47.7 Å². The van der Waals surface area contributed by atoms with Crippen LogP contribution in [0, 0.1) is 34.4 Å². The molecule has 2 aromatic carbocycles. The monoisotopic (exact) mass is 467 g/mol. The molecular formula is C23H18ClF4NO3. The molecule has 168 valence electrons. The van der Waals surface area contributed by atoms with E-state index in [0.717, 1.165) is 6.08 Å². The van der Waals surface area contributed by atoms with E-state index in [-0.39, 0.29) is 0 Å². The molecule has 0 N–H and O–H groups in total. The summed E-state index contributed by atoms with van der Waals surface area (Å²) >= 11 is 5.31. The van der Waals surface area contributed by atoms with Crippen LogP contribution in [0.5, 0.6) is 11.5 Å². The van der Waals surface area contributed by atoms with Crippen molar-refractivity contribution in [2.24, 2.45) is 17.3 Å². The van der Waals surface area contributed by atoms with Crippen LogP contribution in [0.4, 0.5) is 17.6 Å². The second-order valence-electron chi connectivity index (χ2n) is 7.91. The zero-order chi connectivity index (χ0) is 23.7. The van der Waals surface area contributed by atoms with Crippen LogP contribution >= 0.6 is 11.6 Å². The zero-order valence-electron chi connectivity index (χ0n) is 17.0. The Balaban J connectivity index is 1.72. The van der Waals surface area contributed by atoms with Crippen molar-refractivity contribution in [1.29, 1.82) is 5.26 Å². The lowest BCUT2D eigenvalue weighted by atomic mass is 10.1. The number of ether oxygens (including phenoxy) is 2. The van der Waals surface area contributed by atoms with Crippen LogP contribution in [-0.2, 0) is 9.53 Å². The van der Waals surface area contributed by atoms with E-state index in [2.05, 4.69) is 0 Å². The summed E-state index contributed by atoms with van der Waals surface area (Å²) in [5.41, 5.74) is -0.477. The Labute approximate surface area is 187 Å². The lowest BCUT2D eigenvalue weighted by Gasteiger charge is -2.13. The number of alkyl halides is 3. The third-order valence-corrected chi connectivity index (χ3v) is 5.66. The van der Waals surface area contributed by atoms with Crippen LogP contribution in [-0.4, -0.2) is 12.1 Å². The van der Waals surface area contributed by atoms with Crippen LogP contribution in [0.3, 0.4) is 0 Å². The van der Waals surface area contributed by atoms with Crippen LogP contribution in [0.25, 0.3) is 0 Å². The van der Waals surface area contributed by atoms with Gasteiger partial charge in [-0.1, -0.05) is 43.7 Å². The molecule has 0 saturated heterocycles. The third-order valence-electron chi connectivity index (χ3n) is 5.32. The van der Waals surface area contributed by atoms with E-state index in [1.54, 1.807) is 32.0 Å². The van der Waals surface area contributed by atoms with Crippen LogP contribution < -0.4 is 4.74 Å². The number of nitriles is 1. The summed E-state index contributed by atoms with van der Waals surface area (Å²) in [5, 5.41) is 8.20. The molecule has 1 fully saturated rings. The van der Waals surface area contributed by atoms with E-state index in [9.17, 15) is 27.6 Å². The van der Waals surface area contributed by atoms with Gasteiger partial charge in [0.25, 0.3) is 0 Å². The van der Waals surface area contributed by atoms with Gasteiger partial charge >= 0.3 is 12.1 Å². The number of carbonyl (C=O) groups is 1. The minimum atomic E-state index is -4.70. The highest BCUT2D eigenvalue weighted by Gasteiger charge is 2.62. The Bertz CT molecular complexity index is 1070. The molecule has 0 aromatic heterocycles. The quantitative estimate of drug-likeness (QED) is 0.351. The fourth-order valence-electron chi connectivity index (χ4n) is 3.43. The Kier molecular flexibility index (Phi) is 6.51. The third kappa shape index (κ3) is 5.22. The maximum Gasteiger partial charge on any atom is 0.426 e.